The lowest BCUT2D eigenvalue weighted by atomic mass is 10.1. The molecule has 1 heterocycles. The molecule has 0 radical (unpaired) electrons. The predicted molar refractivity (Wildman–Crippen MR) is 105 cm³/mol. The minimum Gasteiger partial charge on any atom is -0.378 e. The average Bonchev–Trinajstić information content (AvgIpc) is 2.68. The van der Waals surface area contributed by atoms with Gasteiger partial charge >= 0.3 is 0 Å². The van der Waals surface area contributed by atoms with Crippen LogP contribution in [-0.2, 0) is 21.1 Å². The molecule has 0 bridgehead atoms. The van der Waals surface area contributed by atoms with E-state index in [1.54, 1.807) is 24.1 Å². The normalized spacial score (nSPS) is 14.8. The van der Waals surface area contributed by atoms with E-state index >= 15 is 0 Å². The van der Waals surface area contributed by atoms with Crippen molar-refractivity contribution in [2.75, 3.05) is 44.5 Å². The van der Waals surface area contributed by atoms with Crippen LogP contribution in [0.15, 0.2) is 53.4 Å². The number of morpholine rings is 1. The van der Waals surface area contributed by atoms with Gasteiger partial charge in [-0.3, -0.25) is 4.79 Å². The number of hydrogen-bond donors (Lipinski definition) is 0. The van der Waals surface area contributed by atoms with Crippen LogP contribution in [0.4, 0.5) is 5.69 Å². The molecule has 1 aliphatic heterocycles. The summed E-state index contributed by atoms with van der Waals surface area (Å²) in [5.74, 6) is -0.210. The third-order valence-electron chi connectivity index (χ3n) is 4.59. The summed E-state index contributed by atoms with van der Waals surface area (Å²) in [6, 6.07) is 14.3. The fraction of sp³-hybridized carbons (Fsp3) is 0.350. The molecule has 0 spiro atoms. The van der Waals surface area contributed by atoms with Crippen molar-refractivity contribution in [3.8, 4) is 0 Å². The van der Waals surface area contributed by atoms with Crippen molar-refractivity contribution in [3.05, 3.63) is 59.7 Å². The van der Waals surface area contributed by atoms with Gasteiger partial charge in [-0.1, -0.05) is 18.2 Å². The van der Waals surface area contributed by atoms with Crippen LogP contribution in [0.1, 0.15) is 15.9 Å². The highest BCUT2D eigenvalue weighted by Crippen LogP contribution is 2.18. The van der Waals surface area contributed by atoms with E-state index in [-0.39, 0.29) is 10.8 Å². The summed E-state index contributed by atoms with van der Waals surface area (Å²) in [5, 5.41) is 0. The molecule has 1 saturated heterocycles. The molecule has 1 amide bonds. The topological polar surface area (TPSA) is 66.9 Å². The highest BCUT2D eigenvalue weighted by atomic mass is 32.2. The number of anilines is 1. The van der Waals surface area contributed by atoms with E-state index < -0.39 is 9.84 Å². The molecule has 0 atom stereocenters. The first kappa shape index (κ1) is 19.4. The second kappa shape index (κ2) is 8.10. The fourth-order valence-electron chi connectivity index (χ4n) is 3.06. The Morgan fingerprint density at radius 2 is 1.78 bits per heavy atom. The van der Waals surface area contributed by atoms with E-state index in [0.717, 1.165) is 43.8 Å². The van der Waals surface area contributed by atoms with Gasteiger partial charge in [-0.15, -0.1) is 0 Å². The van der Waals surface area contributed by atoms with Crippen LogP contribution >= 0.6 is 0 Å². The molecular weight excluding hydrogens is 364 g/mol. The van der Waals surface area contributed by atoms with Crippen LogP contribution in [0.3, 0.4) is 0 Å². The number of rotatable bonds is 5. The van der Waals surface area contributed by atoms with Gasteiger partial charge in [-0.05, 0) is 35.9 Å². The zero-order valence-corrected chi connectivity index (χ0v) is 16.4. The summed E-state index contributed by atoms with van der Waals surface area (Å²) < 4.78 is 28.8. The number of amides is 1. The summed E-state index contributed by atoms with van der Waals surface area (Å²) >= 11 is 0. The first-order valence-electron chi connectivity index (χ1n) is 8.82. The van der Waals surface area contributed by atoms with E-state index in [1.807, 2.05) is 12.1 Å². The lowest BCUT2D eigenvalue weighted by Crippen LogP contribution is -2.36. The number of benzene rings is 2. The van der Waals surface area contributed by atoms with Gasteiger partial charge in [-0.25, -0.2) is 8.42 Å². The van der Waals surface area contributed by atoms with Crippen LogP contribution in [0.2, 0.25) is 0 Å². The van der Waals surface area contributed by atoms with E-state index in [2.05, 4.69) is 17.0 Å². The molecule has 144 valence electrons. The summed E-state index contributed by atoms with van der Waals surface area (Å²) in [6.45, 7) is 3.70. The van der Waals surface area contributed by atoms with Crippen molar-refractivity contribution in [2.45, 2.75) is 11.4 Å². The molecule has 1 fully saturated rings. The predicted octanol–water partition coefficient (Wildman–Crippen LogP) is 2.20. The molecule has 2 aromatic rings. The van der Waals surface area contributed by atoms with Crippen molar-refractivity contribution in [1.82, 2.24) is 4.90 Å². The zero-order valence-electron chi connectivity index (χ0n) is 15.6. The molecule has 0 N–H and O–H groups in total. The van der Waals surface area contributed by atoms with Gasteiger partial charge in [0, 0.05) is 44.2 Å². The highest BCUT2D eigenvalue weighted by Gasteiger charge is 2.16. The molecule has 0 aromatic heterocycles. The zero-order chi connectivity index (χ0) is 19.4. The Labute approximate surface area is 160 Å². The number of ether oxygens (including phenoxy) is 1. The molecule has 0 saturated carbocycles. The van der Waals surface area contributed by atoms with E-state index in [0.29, 0.717) is 12.1 Å². The summed E-state index contributed by atoms with van der Waals surface area (Å²) in [7, 11) is -1.63. The Balaban J connectivity index is 1.68. The van der Waals surface area contributed by atoms with Crippen LogP contribution < -0.4 is 4.90 Å². The number of hydrogen-bond acceptors (Lipinski definition) is 5. The Kier molecular flexibility index (Phi) is 5.82. The lowest BCUT2D eigenvalue weighted by Gasteiger charge is -2.29. The van der Waals surface area contributed by atoms with Gasteiger partial charge in [0.05, 0.1) is 18.1 Å². The van der Waals surface area contributed by atoms with E-state index in [9.17, 15) is 13.2 Å². The molecule has 0 unspecified atom stereocenters. The Bertz CT molecular complexity index is 904. The smallest absolute Gasteiger partial charge is 0.253 e. The molecule has 0 aliphatic carbocycles. The van der Waals surface area contributed by atoms with Gasteiger partial charge in [-0.2, -0.15) is 0 Å². The molecule has 1 aliphatic rings. The maximum Gasteiger partial charge on any atom is 0.253 e. The van der Waals surface area contributed by atoms with Crippen LogP contribution in [0, 0.1) is 0 Å². The minimum atomic E-state index is -3.34. The number of carbonyl (C=O) groups excluding carboxylic acids is 1. The first-order valence-corrected chi connectivity index (χ1v) is 10.7. The van der Waals surface area contributed by atoms with Gasteiger partial charge in [0.1, 0.15) is 0 Å². The highest BCUT2D eigenvalue weighted by molar-refractivity contribution is 7.90. The standard InChI is InChI=1S/C20H24N2O4S/c1-21(20(23)17-4-3-5-19(14-17)27(2,24)25)15-16-6-8-18(9-7-16)22-10-12-26-13-11-22/h3-9,14H,10-13,15H2,1-2H3. The van der Waals surface area contributed by atoms with Gasteiger partial charge in [0.25, 0.3) is 5.91 Å². The molecular formula is C20H24N2O4S. The SMILES string of the molecule is CN(Cc1ccc(N2CCOCC2)cc1)C(=O)c1cccc(S(C)(=O)=O)c1. The van der Waals surface area contributed by atoms with Crippen molar-refractivity contribution in [3.63, 3.8) is 0 Å². The molecule has 3 rings (SSSR count). The number of carbonyl (C=O) groups is 1. The summed E-state index contributed by atoms with van der Waals surface area (Å²) in [6.07, 6.45) is 1.14. The third-order valence-corrected chi connectivity index (χ3v) is 5.70. The Hall–Kier alpha value is -2.38. The van der Waals surface area contributed by atoms with Crippen molar-refractivity contribution >= 4 is 21.4 Å². The van der Waals surface area contributed by atoms with Crippen LogP contribution in [-0.4, -0.2) is 58.8 Å². The Morgan fingerprint density at radius 3 is 2.41 bits per heavy atom. The summed E-state index contributed by atoms with van der Waals surface area (Å²) in [5.41, 5.74) is 2.53. The number of nitrogens with zero attached hydrogens (tertiary/aromatic N) is 2. The van der Waals surface area contributed by atoms with Crippen molar-refractivity contribution < 1.29 is 17.9 Å². The first-order chi connectivity index (χ1) is 12.8. The maximum atomic E-state index is 12.7. The minimum absolute atomic E-state index is 0.150. The van der Waals surface area contributed by atoms with Crippen molar-refractivity contribution in [1.29, 1.82) is 0 Å². The van der Waals surface area contributed by atoms with E-state index in [4.69, 9.17) is 4.74 Å². The molecule has 7 heteroatoms. The summed E-state index contributed by atoms with van der Waals surface area (Å²) in [4.78, 5) is 16.7. The van der Waals surface area contributed by atoms with Crippen LogP contribution in [0.25, 0.3) is 0 Å². The van der Waals surface area contributed by atoms with Crippen molar-refractivity contribution in [2.24, 2.45) is 0 Å². The quantitative estimate of drug-likeness (QED) is 0.786. The Morgan fingerprint density at radius 1 is 1.11 bits per heavy atom. The van der Waals surface area contributed by atoms with Crippen LogP contribution in [0.5, 0.6) is 0 Å². The molecule has 2 aromatic carbocycles. The van der Waals surface area contributed by atoms with Gasteiger partial charge in [0.15, 0.2) is 9.84 Å². The second-order valence-corrected chi connectivity index (χ2v) is 8.74. The number of sulfone groups is 1. The largest absolute Gasteiger partial charge is 0.378 e. The van der Waals surface area contributed by atoms with Gasteiger partial charge < -0.3 is 14.5 Å². The third kappa shape index (κ3) is 4.87. The monoisotopic (exact) mass is 388 g/mol. The second-order valence-electron chi connectivity index (χ2n) is 6.73. The van der Waals surface area contributed by atoms with E-state index in [1.165, 1.54) is 12.1 Å². The lowest BCUT2D eigenvalue weighted by molar-refractivity contribution is 0.0785. The van der Waals surface area contributed by atoms with Gasteiger partial charge in [0.2, 0.25) is 0 Å². The maximum absolute atomic E-state index is 12.7. The molecule has 6 nitrogen and oxygen atoms in total. The average molecular weight is 388 g/mol. The molecule has 27 heavy (non-hydrogen) atoms. The fourth-order valence-corrected chi connectivity index (χ4v) is 3.73.